The van der Waals surface area contributed by atoms with E-state index in [-0.39, 0.29) is 24.8 Å². The van der Waals surface area contributed by atoms with Crippen molar-refractivity contribution in [3.63, 3.8) is 0 Å². The molecular formula is C14H16O4. The van der Waals surface area contributed by atoms with E-state index in [4.69, 9.17) is 9.47 Å². The topological polar surface area (TPSA) is 44.8 Å². The highest BCUT2D eigenvalue weighted by Crippen LogP contribution is 2.44. The maximum Gasteiger partial charge on any atom is 0.343 e. The molecule has 0 bridgehead atoms. The van der Waals surface area contributed by atoms with Crippen LogP contribution in [0.2, 0.25) is 0 Å². The maximum atomic E-state index is 11.1. The van der Waals surface area contributed by atoms with Crippen molar-refractivity contribution in [3.8, 4) is 0 Å². The molecule has 0 amide bonds. The molecule has 0 N–H and O–H groups in total. The number of methoxy groups -OCH3 is 1. The summed E-state index contributed by atoms with van der Waals surface area (Å²) in [7, 11) is 1.35. The zero-order chi connectivity index (χ0) is 12.5. The number of rotatable bonds is 3. The van der Waals surface area contributed by atoms with Crippen molar-refractivity contribution in [1.82, 2.24) is 0 Å². The van der Waals surface area contributed by atoms with Gasteiger partial charge >= 0.3 is 5.97 Å². The Hall–Kier alpha value is -1.55. The molecule has 18 heavy (non-hydrogen) atoms. The van der Waals surface area contributed by atoms with Crippen molar-refractivity contribution in [2.75, 3.05) is 13.7 Å². The molecular weight excluding hydrogens is 232 g/mol. The highest BCUT2D eigenvalue weighted by atomic mass is 16.6. The fourth-order valence-corrected chi connectivity index (χ4v) is 2.86. The Labute approximate surface area is 106 Å². The summed E-state index contributed by atoms with van der Waals surface area (Å²) >= 11 is 0. The lowest BCUT2D eigenvalue weighted by molar-refractivity contribution is -0.145. The fourth-order valence-electron chi connectivity index (χ4n) is 2.86. The molecule has 1 aliphatic heterocycles. The van der Waals surface area contributed by atoms with E-state index in [2.05, 4.69) is 23.0 Å². The first kappa shape index (κ1) is 11.5. The van der Waals surface area contributed by atoms with E-state index in [9.17, 15) is 4.79 Å². The van der Waals surface area contributed by atoms with Crippen LogP contribution in [-0.4, -0.2) is 31.9 Å². The third kappa shape index (κ3) is 1.86. The number of hydrogen-bond acceptors (Lipinski definition) is 4. The van der Waals surface area contributed by atoms with E-state index in [1.54, 1.807) is 0 Å². The molecule has 4 unspecified atom stereocenters. The summed E-state index contributed by atoms with van der Waals surface area (Å²) in [5.41, 5.74) is 0. The zero-order valence-corrected chi connectivity index (χ0v) is 10.2. The van der Waals surface area contributed by atoms with Gasteiger partial charge in [-0.15, -0.1) is 0 Å². The van der Waals surface area contributed by atoms with E-state index >= 15 is 0 Å². The Balaban J connectivity index is 1.69. The smallest absolute Gasteiger partial charge is 0.343 e. The van der Waals surface area contributed by atoms with Crippen LogP contribution in [0.5, 0.6) is 0 Å². The number of ether oxygens (including phenoxy) is 3. The van der Waals surface area contributed by atoms with Gasteiger partial charge in [0.25, 0.3) is 0 Å². The van der Waals surface area contributed by atoms with Crippen molar-refractivity contribution >= 4 is 5.97 Å². The van der Waals surface area contributed by atoms with Crippen LogP contribution in [0.3, 0.4) is 0 Å². The van der Waals surface area contributed by atoms with Gasteiger partial charge in [0.05, 0.1) is 13.2 Å². The molecule has 3 aliphatic rings. The van der Waals surface area contributed by atoms with Gasteiger partial charge in [-0.25, -0.2) is 4.79 Å². The second-order valence-electron chi connectivity index (χ2n) is 4.75. The first-order chi connectivity index (χ1) is 8.79. The predicted octanol–water partition coefficient (Wildman–Crippen LogP) is 1.59. The van der Waals surface area contributed by atoms with Crippen LogP contribution in [0.1, 0.15) is 6.42 Å². The van der Waals surface area contributed by atoms with Gasteiger partial charge in [0.2, 0.25) is 0 Å². The van der Waals surface area contributed by atoms with Crippen molar-refractivity contribution in [1.29, 1.82) is 0 Å². The van der Waals surface area contributed by atoms with Gasteiger partial charge in [-0.1, -0.05) is 24.3 Å². The minimum absolute atomic E-state index is 0.0559. The Morgan fingerprint density at radius 3 is 3.22 bits per heavy atom. The molecule has 0 radical (unpaired) electrons. The average Bonchev–Trinajstić information content (AvgIpc) is 2.96. The van der Waals surface area contributed by atoms with Crippen LogP contribution in [0.15, 0.2) is 36.1 Å². The molecule has 0 aromatic carbocycles. The molecule has 1 fully saturated rings. The van der Waals surface area contributed by atoms with Gasteiger partial charge < -0.3 is 14.2 Å². The Morgan fingerprint density at radius 2 is 2.39 bits per heavy atom. The van der Waals surface area contributed by atoms with Crippen LogP contribution >= 0.6 is 0 Å². The molecule has 0 spiro atoms. The molecule has 1 heterocycles. The Morgan fingerprint density at radius 1 is 1.50 bits per heavy atom. The summed E-state index contributed by atoms with van der Waals surface area (Å²) in [4.78, 5) is 11.1. The molecule has 4 heteroatoms. The van der Waals surface area contributed by atoms with Gasteiger partial charge in [0.15, 0.2) is 6.61 Å². The highest BCUT2D eigenvalue weighted by Gasteiger charge is 2.46. The molecule has 4 atom stereocenters. The fraction of sp³-hybridized carbons (Fsp3) is 0.500. The lowest BCUT2D eigenvalue weighted by atomic mass is 9.84. The van der Waals surface area contributed by atoms with Crippen molar-refractivity contribution in [2.24, 2.45) is 11.8 Å². The van der Waals surface area contributed by atoms with Gasteiger partial charge in [0, 0.05) is 11.8 Å². The molecule has 96 valence electrons. The lowest BCUT2D eigenvalue weighted by Gasteiger charge is -2.23. The number of hydrogen-bond donors (Lipinski definition) is 0. The number of carbonyl (C=O) groups is 1. The molecule has 0 aromatic heterocycles. The quantitative estimate of drug-likeness (QED) is 0.562. The molecule has 0 aromatic rings. The number of fused-ring (bicyclic) bond motifs is 3. The highest BCUT2D eigenvalue weighted by molar-refractivity contribution is 5.70. The second kappa shape index (κ2) is 4.61. The standard InChI is InChI=1S/C14H16O4/c1-16-13(15)8-17-12-7-3-5-10-9-4-2-6-11(9)18-14(10)12/h2-3,5-7,9-11,14H,4,8H2,1H3. The minimum atomic E-state index is -0.375. The first-order valence-corrected chi connectivity index (χ1v) is 6.19. The summed E-state index contributed by atoms with van der Waals surface area (Å²) in [6, 6.07) is 0. The number of allylic oxidation sites excluding steroid dienone is 3. The molecule has 2 aliphatic carbocycles. The summed E-state index contributed by atoms with van der Waals surface area (Å²) in [6.45, 7) is -0.0616. The normalized spacial score (nSPS) is 35.9. The Bertz CT molecular complexity index is 435. The minimum Gasteiger partial charge on any atom is -0.483 e. The third-order valence-corrected chi connectivity index (χ3v) is 3.76. The van der Waals surface area contributed by atoms with Gasteiger partial charge in [-0.2, -0.15) is 0 Å². The monoisotopic (exact) mass is 248 g/mol. The van der Waals surface area contributed by atoms with E-state index in [1.807, 2.05) is 12.2 Å². The summed E-state index contributed by atoms with van der Waals surface area (Å²) in [6.07, 6.45) is 11.5. The molecule has 0 saturated carbocycles. The zero-order valence-electron chi connectivity index (χ0n) is 10.2. The number of carbonyl (C=O) groups excluding carboxylic acids is 1. The summed E-state index contributed by atoms with van der Waals surface area (Å²) in [5.74, 6) is 1.22. The van der Waals surface area contributed by atoms with Gasteiger partial charge in [-0.05, 0) is 12.5 Å². The Kier molecular flexibility index (Phi) is 2.96. The van der Waals surface area contributed by atoms with Crippen LogP contribution in [0.4, 0.5) is 0 Å². The van der Waals surface area contributed by atoms with Crippen LogP contribution in [0, 0.1) is 11.8 Å². The molecule has 3 rings (SSSR count). The predicted molar refractivity (Wildman–Crippen MR) is 64.6 cm³/mol. The first-order valence-electron chi connectivity index (χ1n) is 6.19. The average molecular weight is 248 g/mol. The van der Waals surface area contributed by atoms with Crippen molar-refractivity contribution in [3.05, 3.63) is 36.1 Å². The van der Waals surface area contributed by atoms with Crippen LogP contribution in [0.25, 0.3) is 0 Å². The van der Waals surface area contributed by atoms with Crippen molar-refractivity contribution in [2.45, 2.75) is 18.6 Å². The van der Waals surface area contributed by atoms with Crippen LogP contribution < -0.4 is 0 Å². The van der Waals surface area contributed by atoms with Crippen LogP contribution in [-0.2, 0) is 19.0 Å². The lowest BCUT2D eigenvalue weighted by Crippen LogP contribution is -2.25. The van der Waals surface area contributed by atoms with Gasteiger partial charge in [-0.3, -0.25) is 0 Å². The largest absolute Gasteiger partial charge is 0.483 e. The van der Waals surface area contributed by atoms with Crippen molar-refractivity contribution < 1.29 is 19.0 Å². The maximum absolute atomic E-state index is 11.1. The summed E-state index contributed by atoms with van der Waals surface area (Å²) in [5, 5.41) is 0. The van der Waals surface area contributed by atoms with E-state index < -0.39 is 0 Å². The van der Waals surface area contributed by atoms with E-state index in [0.29, 0.717) is 11.8 Å². The second-order valence-corrected chi connectivity index (χ2v) is 4.75. The van der Waals surface area contributed by atoms with E-state index in [0.717, 1.165) is 12.2 Å². The number of esters is 1. The SMILES string of the molecule is COC(=O)COC1=CC=CC2C1OC1C=CCC12. The third-order valence-electron chi connectivity index (χ3n) is 3.76. The summed E-state index contributed by atoms with van der Waals surface area (Å²) < 4.78 is 16.1. The van der Waals surface area contributed by atoms with Gasteiger partial charge in [0.1, 0.15) is 11.9 Å². The van der Waals surface area contributed by atoms with E-state index in [1.165, 1.54) is 7.11 Å². The molecule has 1 saturated heterocycles. The molecule has 4 nitrogen and oxygen atoms in total.